The summed E-state index contributed by atoms with van der Waals surface area (Å²) >= 11 is 0. The van der Waals surface area contributed by atoms with Crippen molar-refractivity contribution in [1.29, 1.82) is 0 Å². The van der Waals surface area contributed by atoms with Crippen molar-refractivity contribution < 1.29 is 55.4 Å². The van der Waals surface area contributed by atoms with E-state index in [1.807, 2.05) is 19.1 Å². The predicted octanol–water partition coefficient (Wildman–Crippen LogP) is 11.0. The van der Waals surface area contributed by atoms with Crippen molar-refractivity contribution in [2.75, 3.05) is 0 Å². The fraction of sp³-hybridized carbons (Fsp3) is 0.158. The minimum atomic E-state index is -0.875. The van der Waals surface area contributed by atoms with Crippen LogP contribution in [0.25, 0.3) is 0 Å². The second kappa shape index (κ2) is 15.0. The van der Waals surface area contributed by atoms with Crippen molar-refractivity contribution >= 4 is 0 Å². The van der Waals surface area contributed by atoms with Gasteiger partial charge in [0.1, 0.15) is 75.5 Å². The molecular formula is C57H44O11. The van der Waals surface area contributed by atoms with Gasteiger partial charge in [0.15, 0.2) is 0 Å². The second-order valence-electron chi connectivity index (χ2n) is 18.6. The zero-order chi connectivity index (χ0) is 46.9. The molecule has 68 heavy (non-hydrogen) atoms. The first-order valence-electron chi connectivity index (χ1n) is 22.4. The van der Waals surface area contributed by atoms with Gasteiger partial charge in [-0.2, -0.15) is 0 Å². The number of hydrogen-bond donors (Lipinski definition) is 9. The Labute approximate surface area is 389 Å². The van der Waals surface area contributed by atoms with Gasteiger partial charge in [-0.05, 0) is 130 Å². The molecule has 2 heterocycles. The zero-order valence-corrected chi connectivity index (χ0v) is 36.3. The van der Waals surface area contributed by atoms with Crippen LogP contribution in [0.5, 0.6) is 63.2 Å². The molecule has 11 heteroatoms. The third kappa shape index (κ3) is 6.26. The SMILES string of the molecule is Cc1cc(O)c2c(c1)[C@H]1c3c(cc(O)cc3[C@H]([C@@H]3c4cc(O)cc5c4[C@H](c4cc(O)cc(O)c4[C@H]3c3ccc(O)cc3)[C@H](c3ccc(O)cc3)O5)[C@@H]2c2cccc(O)c2)O[C@H]1c1ccc(O)cc1. The van der Waals surface area contributed by atoms with E-state index >= 15 is 0 Å². The van der Waals surface area contributed by atoms with Crippen LogP contribution in [-0.2, 0) is 0 Å². The summed E-state index contributed by atoms with van der Waals surface area (Å²) in [7, 11) is 0. The van der Waals surface area contributed by atoms with Gasteiger partial charge in [0.05, 0.1) is 11.8 Å². The van der Waals surface area contributed by atoms with Crippen LogP contribution < -0.4 is 9.47 Å². The Morgan fingerprint density at radius 1 is 0.324 bits per heavy atom. The van der Waals surface area contributed by atoms with Crippen LogP contribution in [-0.4, -0.2) is 46.0 Å². The predicted molar refractivity (Wildman–Crippen MR) is 251 cm³/mol. The molecule has 8 aromatic carbocycles. The highest BCUT2D eigenvalue weighted by molar-refractivity contribution is 5.70. The summed E-state index contributed by atoms with van der Waals surface area (Å²) in [5.41, 5.74) is 8.30. The molecule has 338 valence electrons. The van der Waals surface area contributed by atoms with Crippen molar-refractivity contribution in [2.45, 2.75) is 54.6 Å². The molecule has 2 aliphatic carbocycles. The molecule has 8 aromatic rings. The van der Waals surface area contributed by atoms with Gasteiger partial charge < -0.3 is 55.4 Å². The summed E-state index contributed by atoms with van der Waals surface area (Å²) in [6, 6.07) is 40.1. The van der Waals surface area contributed by atoms with Gasteiger partial charge in [-0.15, -0.1) is 0 Å². The van der Waals surface area contributed by atoms with E-state index in [1.54, 1.807) is 127 Å². The van der Waals surface area contributed by atoms with Crippen molar-refractivity contribution in [2.24, 2.45) is 0 Å². The molecule has 12 rings (SSSR count). The van der Waals surface area contributed by atoms with Crippen molar-refractivity contribution in [3.8, 4) is 63.2 Å². The maximum Gasteiger partial charge on any atom is 0.135 e. The number of rotatable bonds is 5. The first-order chi connectivity index (χ1) is 32.8. The lowest BCUT2D eigenvalue weighted by Gasteiger charge is -2.40. The van der Waals surface area contributed by atoms with E-state index in [-0.39, 0.29) is 51.7 Å². The number of phenolic OH excluding ortho intramolecular Hbond substituents is 9. The number of aromatic hydroxyl groups is 9. The van der Waals surface area contributed by atoms with E-state index in [0.29, 0.717) is 61.6 Å². The molecular weight excluding hydrogens is 861 g/mol. The summed E-state index contributed by atoms with van der Waals surface area (Å²) in [6.07, 6.45) is -1.50. The Hall–Kier alpha value is -8.44. The highest BCUT2D eigenvalue weighted by atomic mass is 16.5. The third-order valence-corrected chi connectivity index (χ3v) is 14.6. The van der Waals surface area contributed by atoms with Crippen LogP contribution in [0.1, 0.15) is 120 Å². The quantitative estimate of drug-likeness (QED) is 0.0796. The standard InChI is InChI=1S/C57H44O11/c1-26-17-38-48(42(65)18-26)47(30-3-2-4-34(61)19-30)53(41-22-37(64)24-44-50(41)54(38)56(67-44)28-7-13-32(59)14-8-28)52-40-21-36(63)25-45-51(40)55(57(68-45)29-9-15-33(60)16-10-29)39-20-35(62)23-43(66)49(39)46(52)27-5-11-31(58)12-6-27/h2-25,46-47,52-66H,1H3/t46-,47-,52-,53+,54+,55+,56+,57+/m1/s1. The monoisotopic (exact) mass is 904 g/mol. The highest BCUT2D eigenvalue weighted by Crippen LogP contribution is 2.69. The Bertz CT molecular complexity index is 3350. The molecule has 0 fully saturated rings. The van der Waals surface area contributed by atoms with E-state index in [4.69, 9.17) is 9.47 Å². The Morgan fingerprint density at radius 2 is 0.750 bits per heavy atom. The minimum absolute atomic E-state index is 0.00146. The Kier molecular flexibility index (Phi) is 9.08. The topological polar surface area (TPSA) is 201 Å². The van der Waals surface area contributed by atoms with Crippen molar-refractivity contribution in [3.63, 3.8) is 0 Å². The first-order valence-corrected chi connectivity index (χ1v) is 22.4. The Morgan fingerprint density at radius 3 is 1.25 bits per heavy atom. The lowest BCUT2D eigenvalue weighted by atomic mass is 9.62. The van der Waals surface area contributed by atoms with E-state index in [0.717, 1.165) is 22.3 Å². The van der Waals surface area contributed by atoms with Gasteiger partial charge in [0.25, 0.3) is 0 Å². The van der Waals surface area contributed by atoms with Gasteiger partial charge in [0.2, 0.25) is 0 Å². The molecule has 0 unspecified atom stereocenters. The summed E-state index contributed by atoms with van der Waals surface area (Å²) in [4.78, 5) is 0. The normalized spacial score (nSPS) is 22.7. The molecule has 0 amide bonds. The van der Waals surface area contributed by atoms with Crippen molar-refractivity contribution in [3.05, 3.63) is 218 Å². The van der Waals surface area contributed by atoms with Crippen LogP contribution >= 0.6 is 0 Å². The number of fused-ring (bicyclic) bond motifs is 4. The molecule has 0 radical (unpaired) electrons. The van der Waals surface area contributed by atoms with Gasteiger partial charge >= 0.3 is 0 Å². The smallest absolute Gasteiger partial charge is 0.135 e. The number of benzene rings is 8. The molecule has 0 bridgehead atoms. The molecule has 0 spiro atoms. The fourth-order valence-corrected chi connectivity index (χ4v) is 12.2. The minimum Gasteiger partial charge on any atom is -0.508 e. The van der Waals surface area contributed by atoms with Crippen LogP contribution in [0.4, 0.5) is 0 Å². The zero-order valence-electron chi connectivity index (χ0n) is 36.3. The first kappa shape index (κ1) is 41.0. The Balaban J connectivity index is 1.25. The van der Waals surface area contributed by atoms with Crippen LogP contribution in [0.2, 0.25) is 0 Å². The largest absolute Gasteiger partial charge is 0.508 e. The lowest BCUT2D eigenvalue weighted by molar-refractivity contribution is 0.221. The van der Waals surface area contributed by atoms with Crippen LogP contribution in [0, 0.1) is 6.92 Å². The number of aryl methyl sites for hydroxylation is 1. The third-order valence-electron chi connectivity index (χ3n) is 14.6. The summed E-state index contributed by atoms with van der Waals surface area (Å²) < 4.78 is 13.8. The van der Waals surface area contributed by atoms with Gasteiger partial charge in [-0.1, -0.05) is 54.6 Å². The number of hydrogen-bond acceptors (Lipinski definition) is 11. The molecule has 9 N–H and O–H groups in total. The maximum absolute atomic E-state index is 12.7. The van der Waals surface area contributed by atoms with Crippen LogP contribution in [0.15, 0.2) is 146 Å². The number of phenols is 9. The van der Waals surface area contributed by atoms with E-state index < -0.39 is 47.7 Å². The second-order valence-corrected chi connectivity index (χ2v) is 18.6. The molecule has 0 saturated carbocycles. The summed E-state index contributed by atoms with van der Waals surface area (Å²) in [5.74, 6) is -4.60. The average Bonchev–Trinajstić information content (AvgIpc) is 3.80. The van der Waals surface area contributed by atoms with E-state index in [1.165, 1.54) is 6.07 Å². The lowest BCUT2D eigenvalue weighted by Crippen LogP contribution is -2.26. The molecule has 8 atom stereocenters. The van der Waals surface area contributed by atoms with E-state index in [2.05, 4.69) is 0 Å². The molecule has 11 nitrogen and oxygen atoms in total. The highest BCUT2D eigenvalue weighted by Gasteiger charge is 2.55. The van der Waals surface area contributed by atoms with Gasteiger partial charge in [-0.25, -0.2) is 0 Å². The molecule has 0 aromatic heterocycles. The molecule has 2 aliphatic heterocycles. The van der Waals surface area contributed by atoms with E-state index in [9.17, 15) is 46.0 Å². The summed E-state index contributed by atoms with van der Waals surface area (Å²) in [6.45, 7) is 1.90. The maximum atomic E-state index is 12.7. The fourth-order valence-electron chi connectivity index (χ4n) is 12.2. The summed E-state index contributed by atoms with van der Waals surface area (Å²) in [5, 5.41) is 104. The average molecular weight is 905 g/mol. The number of ether oxygens (including phenoxy) is 2. The van der Waals surface area contributed by atoms with Crippen LogP contribution in [0.3, 0.4) is 0 Å². The molecule has 4 aliphatic rings. The van der Waals surface area contributed by atoms with Gasteiger partial charge in [-0.3, -0.25) is 0 Å². The van der Waals surface area contributed by atoms with Crippen molar-refractivity contribution in [1.82, 2.24) is 0 Å². The molecule has 0 saturated heterocycles. The van der Waals surface area contributed by atoms with Gasteiger partial charge in [0, 0.05) is 64.1 Å².